The number of hydrogen-bond donors (Lipinski definition) is 2. The lowest BCUT2D eigenvalue weighted by Gasteiger charge is -2.03. The maximum absolute atomic E-state index is 11.1. The molecule has 0 amide bonds. The Labute approximate surface area is 103 Å². The number of rotatable bonds is 3. The fourth-order valence-corrected chi connectivity index (χ4v) is 2.28. The van der Waals surface area contributed by atoms with Crippen LogP contribution in [0.1, 0.15) is 23.0 Å². The van der Waals surface area contributed by atoms with Crippen molar-refractivity contribution in [2.24, 2.45) is 0 Å². The number of carbonyl (C=O) groups is 1. The van der Waals surface area contributed by atoms with Gasteiger partial charge in [0.15, 0.2) is 0 Å². The largest absolute Gasteiger partial charge is 0.495 e. The number of fused-ring (bicyclic) bond motifs is 1. The van der Waals surface area contributed by atoms with Crippen LogP contribution in [0.2, 0.25) is 5.02 Å². The van der Waals surface area contributed by atoms with Crippen molar-refractivity contribution in [2.75, 3.05) is 7.11 Å². The van der Waals surface area contributed by atoms with Crippen molar-refractivity contribution in [3.05, 3.63) is 28.4 Å². The molecule has 1 heterocycles. The second kappa shape index (κ2) is 4.30. The second-order valence-corrected chi connectivity index (χ2v) is 4.04. The summed E-state index contributed by atoms with van der Waals surface area (Å²) in [7, 11) is 1.54. The van der Waals surface area contributed by atoms with Crippen LogP contribution in [0.4, 0.5) is 0 Å². The van der Waals surface area contributed by atoms with Crippen molar-refractivity contribution < 1.29 is 14.6 Å². The summed E-state index contributed by atoms with van der Waals surface area (Å²) in [5, 5.41) is 10.4. The Hall–Kier alpha value is -1.68. The van der Waals surface area contributed by atoms with Crippen LogP contribution in [-0.2, 0) is 6.42 Å². The molecule has 0 fully saturated rings. The number of aromatic carboxylic acids is 1. The van der Waals surface area contributed by atoms with Crippen molar-refractivity contribution in [3.8, 4) is 5.75 Å². The quantitative estimate of drug-likeness (QED) is 0.884. The van der Waals surface area contributed by atoms with E-state index in [9.17, 15) is 4.79 Å². The molecule has 0 spiro atoms. The highest BCUT2D eigenvalue weighted by atomic mass is 35.5. The molecule has 0 unspecified atom stereocenters. The summed E-state index contributed by atoms with van der Waals surface area (Å²) in [5.74, 6) is -0.400. The molecule has 1 aromatic carbocycles. The summed E-state index contributed by atoms with van der Waals surface area (Å²) in [6.07, 6.45) is 0.592. The number of halogens is 1. The van der Waals surface area contributed by atoms with Gasteiger partial charge in [-0.05, 0) is 24.1 Å². The number of carboxylic acid groups (broad SMARTS) is 1. The number of aryl methyl sites for hydroxylation is 1. The van der Waals surface area contributed by atoms with E-state index in [1.165, 1.54) is 7.11 Å². The zero-order valence-electron chi connectivity index (χ0n) is 9.50. The van der Waals surface area contributed by atoms with E-state index in [0.29, 0.717) is 28.3 Å². The lowest BCUT2D eigenvalue weighted by Crippen LogP contribution is -2.00. The predicted octanol–water partition coefficient (Wildman–Crippen LogP) is 3.09. The Balaban J connectivity index is 2.89. The van der Waals surface area contributed by atoms with Crippen LogP contribution < -0.4 is 4.74 Å². The molecule has 0 aliphatic rings. The van der Waals surface area contributed by atoms with Crippen molar-refractivity contribution in [1.29, 1.82) is 0 Å². The number of hydrogen-bond acceptors (Lipinski definition) is 2. The van der Waals surface area contributed by atoms with Crippen molar-refractivity contribution in [2.45, 2.75) is 13.3 Å². The molecule has 2 rings (SSSR count). The number of benzene rings is 1. The smallest absolute Gasteiger partial charge is 0.352 e. The molecule has 0 radical (unpaired) electrons. The van der Waals surface area contributed by atoms with Crippen LogP contribution in [0.5, 0.6) is 5.75 Å². The summed E-state index contributed by atoms with van der Waals surface area (Å²) in [5.41, 5.74) is 1.51. The summed E-state index contributed by atoms with van der Waals surface area (Å²) in [6, 6.07) is 3.42. The van der Waals surface area contributed by atoms with Crippen molar-refractivity contribution in [3.63, 3.8) is 0 Å². The number of ether oxygens (including phenoxy) is 1. The number of methoxy groups -OCH3 is 1. The van der Waals surface area contributed by atoms with Gasteiger partial charge in [-0.15, -0.1) is 0 Å². The summed E-state index contributed by atoms with van der Waals surface area (Å²) < 4.78 is 5.19. The Morgan fingerprint density at radius 2 is 2.24 bits per heavy atom. The van der Waals surface area contributed by atoms with Gasteiger partial charge in [-0.2, -0.15) is 0 Å². The van der Waals surface area contributed by atoms with Gasteiger partial charge in [-0.25, -0.2) is 4.79 Å². The fourth-order valence-electron chi connectivity index (χ4n) is 2.01. The summed E-state index contributed by atoms with van der Waals surface area (Å²) in [4.78, 5) is 14.0. The average Bonchev–Trinajstić information content (AvgIpc) is 2.70. The molecule has 5 heteroatoms. The van der Waals surface area contributed by atoms with E-state index in [1.807, 2.05) is 6.92 Å². The van der Waals surface area contributed by atoms with Gasteiger partial charge in [0.2, 0.25) is 0 Å². The van der Waals surface area contributed by atoms with Crippen LogP contribution in [0.15, 0.2) is 12.1 Å². The molecule has 0 bridgehead atoms. The topological polar surface area (TPSA) is 62.3 Å². The maximum Gasteiger partial charge on any atom is 0.352 e. The van der Waals surface area contributed by atoms with E-state index in [2.05, 4.69) is 4.98 Å². The van der Waals surface area contributed by atoms with Gasteiger partial charge in [0.25, 0.3) is 0 Å². The first-order chi connectivity index (χ1) is 8.10. The summed E-state index contributed by atoms with van der Waals surface area (Å²) in [6.45, 7) is 1.89. The molecule has 0 saturated heterocycles. The van der Waals surface area contributed by atoms with Gasteiger partial charge in [-0.1, -0.05) is 18.5 Å². The van der Waals surface area contributed by atoms with E-state index in [1.54, 1.807) is 12.1 Å². The number of nitrogens with one attached hydrogen (secondary N) is 1. The van der Waals surface area contributed by atoms with Gasteiger partial charge >= 0.3 is 5.97 Å². The molecule has 0 saturated carbocycles. The van der Waals surface area contributed by atoms with E-state index in [0.717, 1.165) is 5.39 Å². The van der Waals surface area contributed by atoms with Gasteiger partial charge in [0.05, 0.1) is 17.6 Å². The Morgan fingerprint density at radius 3 is 2.76 bits per heavy atom. The van der Waals surface area contributed by atoms with Crippen LogP contribution in [-0.4, -0.2) is 23.2 Å². The summed E-state index contributed by atoms with van der Waals surface area (Å²) >= 11 is 6.12. The van der Waals surface area contributed by atoms with E-state index < -0.39 is 5.97 Å². The normalized spacial score (nSPS) is 10.8. The first-order valence-corrected chi connectivity index (χ1v) is 5.58. The van der Waals surface area contributed by atoms with E-state index in [4.69, 9.17) is 21.4 Å². The van der Waals surface area contributed by atoms with Crippen LogP contribution in [0.25, 0.3) is 10.9 Å². The maximum atomic E-state index is 11.1. The molecule has 2 N–H and O–H groups in total. The monoisotopic (exact) mass is 253 g/mol. The van der Waals surface area contributed by atoms with E-state index in [-0.39, 0.29) is 5.69 Å². The lowest BCUT2D eigenvalue weighted by atomic mass is 10.1. The molecule has 90 valence electrons. The number of aromatic nitrogens is 1. The standard InChI is InChI=1S/C12H12ClNO3/c1-3-6-9-7(13)4-5-8(17-2)11(9)14-10(6)12(15)16/h4-5,14H,3H2,1-2H3,(H,15,16). The Morgan fingerprint density at radius 1 is 1.53 bits per heavy atom. The average molecular weight is 254 g/mol. The zero-order chi connectivity index (χ0) is 12.6. The number of aromatic amines is 1. The molecular weight excluding hydrogens is 242 g/mol. The highest BCUT2D eigenvalue weighted by Gasteiger charge is 2.19. The molecule has 17 heavy (non-hydrogen) atoms. The molecule has 1 aromatic heterocycles. The third-order valence-electron chi connectivity index (χ3n) is 2.76. The van der Waals surface area contributed by atoms with Crippen molar-refractivity contribution in [1.82, 2.24) is 4.98 Å². The van der Waals surface area contributed by atoms with Gasteiger partial charge < -0.3 is 14.8 Å². The number of carboxylic acids is 1. The fraction of sp³-hybridized carbons (Fsp3) is 0.250. The lowest BCUT2D eigenvalue weighted by molar-refractivity contribution is 0.0690. The van der Waals surface area contributed by atoms with Gasteiger partial charge in [0, 0.05) is 5.39 Å². The van der Waals surface area contributed by atoms with Gasteiger partial charge in [0.1, 0.15) is 11.4 Å². The van der Waals surface area contributed by atoms with Gasteiger partial charge in [-0.3, -0.25) is 0 Å². The highest BCUT2D eigenvalue weighted by molar-refractivity contribution is 6.36. The Bertz CT molecular complexity index is 589. The molecular formula is C12H12ClNO3. The molecule has 0 aliphatic heterocycles. The van der Waals surface area contributed by atoms with E-state index >= 15 is 0 Å². The molecule has 0 atom stereocenters. The van der Waals surface area contributed by atoms with Crippen LogP contribution in [0, 0.1) is 0 Å². The van der Waals surface area contributed by atoms with Crippen LogP contribution in [0.3, 0.4) is 0 Å². The molecule has 4 nitrogen and oxygen atoms in total. The predicted molar refractivity (Wildman–Crippen MR) is 66.2 cm³/mol. The third kappa shape index (κ3) is 1.74. The number of H-pyrrole nitrogens is 1. The minimum absolute atomic E-state index is 0.175. The molecule has 0 aliphatic carbocycles. The minimum atomic E-state index is -0.990. The second-order valence-electron chi connectivity index (χ2n) is 3.64. The Kier molecular flexibility index (Phi) is 2.98. The highest BCUT2D eigenvalue weighted by Crippen LogP contribution is 2.35. The third-order valence-corrected chi connectivity index (χ3v) is 3.07. The zero-order valence-corrected chi connectivity index (χ0v) is 10.3. The first-order valence-electron chi connectivity index (χ1n) is 5.20. The molecule has 2 aromatic rings. The van der Waals surface area contributed by atoms with Crippen LogP contribution >= 0.6 is 11.6 Å². The SMILES string of the molecule is CCc1c(C(=O)O)[nH]c2c(OC)ccc(Cl)c12. The minimum Gasteiger partial charge on any atom is -0.495 e. The van der Waals surface area contributed by atoms with Crippen molar-refractivity contribution >= 4 is 28.5 Å². The first kappa shape index (κ1) is 11.8.